The summed E-state index contributed by atoms with van der Waals surface area (Å²) in [7, 11) is 1.68. The van der Waals surface area contributed by atoms with Gasteiger partial charge < -0.3 is 9.64 Å². The molecule has 108 valence electrons. The zero-order valence-corrected chi connectivity index (χ0v) is 12.2. The van der Waals surface area contributed by atoms with Gasteiger partial charge in [-0.25, -0.2) is 0 Å². The van der Waals surface area contributed by atoms with E-state index < -0.39 is 0 Å². The molecule has 2 fully saturated rings. The van der Waals surface area contributed by atoms with E-state index in [1.54, 1.807) is 7.11 Å². The molecule has 0 aliphatic carbocycles. The first-order valence-electron chi connectivity index (χ1n) is 7.39. The fraction of sp³-hybridized carbons (Fsp3) is 0.562. The summed E-state index contributed by atoms with van der Waals surface area (Å²) in [5, 5.41) is 0. The summed E-state index contributed by atoms with van der Waals surface area (Å²) in [6.07, 6.45) is 1.80. The molecule has 2 atom stereocenters. The van der Waals surface area contributed by atoms with Gasteiger partial charge in [-0.15, -0.1) is 0 Å². The van der Waals surface area contributed by atoms with Crippen molar-refractivity contribution in [1.82, 2.24) is 9.80 Å². The first-order chi connectivity index (χ1) is 9.72. The van der Waals surface area contributed by atoms with Crippen LogP contribution in [-0.4, -0.2) is 48.0 Å². The van der Waals surface area contributed by atoms with Gasteiger partial charge in [0, 0.05) is 38.1 Å². The first-order valence-corrected chi connectivity index (χ1v) is 7.39. The Morgan fingerprint density at radius 3 is 2.65 bits per heavy atom. The molecule has 4 nitrogen and oxygen atoms in total. The van der Waals surface area contributed by atoms with E-state index in [-0.39, 0.29) is 0 Å². The van der Waals surface area contributed by atoms with Crippen LogP contribution in [-0.2, 0) is 11.3 Å². The molecule has 4 heteroatoms. The largest absolute Gasteiger partial charge is 0.497 e. The van der Waals surface area contributed by atoms with Gasteiger partial charge in [-0.1, -0.05) is 12.1 Å². The van der Waals surface area contributed by atoms with Crippen LogP contribution in [0.25, 0.3) is 0 Å². The molecule has 0 unspecified atom stereocenters. The van der Waals surface area contributed by atoms with Crippen LogP contribution in [0.4, 0.5) is 0 Å². The zero-order valence-electron chi connectivity index (χ0n) is 12.2. The summed E-state index contributed by atoms with van der Waals surface area (Å²) in [5.41, 5.74) is 1.29. The van der Waals surface area contributed by atoms with E-state index in [0.717, 1.165) is 31.8 Å². The fourth-order valence-electron chi connectivity index (χ4n) is 3.58. The van der Waals surface area contributed by atoms with Crippen LogP contribution in [0, 0.1) is 0 Å². The number of amides is 1. The Bertz CT molecular complexity index is 486. The van der Waals surface area contributed by atoms with E-state index in [1.807, 2.05) is 12.1 Å². The lowest BCUT2D eigenvalue weighted by atomic mass is 10.1. The molecule has 0 bridgehead atoms. The molecule has 2 aliphatic heterocycles. The molecule has 0 radical (unpaired) electrons. The number of fused-ring (bicyclic) bond motifs is 1. The highest BCUT2D eigenvalue weighted by Crippen LogP contribution is 2.33. The van der Waals surface area contributed by atoms with Crippen molar-refractivity contribution >= 4 is 5.91 Å². The van der Waals surface area contributed by atoms with Crippen LogP contribution in [0.3, 0.4) is 0 Å². The van der Waals surface area contributed by atoms with Crippen molar-refractivity contribution in [2.75, 3.05) is 20.2 Å². The number of nitrogens with zero attached hydrogens (tertiary/aromatic N) is 2. The Hall–Kier alpha value is -1.55. The maximum Gasteiger partial charge on any atom is 0.224 e. The Morgan fingerprint density at radius 2 is 2.00 bits per heavy atom. The predicted octanol–water partition coefficient (Wildman–Crippen LogP) is 1.89. The van der Waals surface area contributed by atoms with E-state index >= 15 is 0 Å². The third-order valence-corrected chi connectivity index (χ3v) is 4.62. The number of rotatable bonds is 4. The summed E-state index contributed by atoms with van der Waals surface area (Å²) < 4.78 is 5.19. The molecule has 0 saturated carbocycles. The number of carbonyl (C=O) groups is 1. The number of benzene rings is 1. The Morgan fingerprint density at radius 1 is 1.25 bits per heavy atom. The molecule has 20 heavy (non-hydrogen) atoms. The minimum Gasteiger partial charge on any atom is -0.497 e. The molecule has 2 heterocycles. The Kier molecular flexibility index (Phi) is 3.66. The highest BCUT2D eigenvalue weighted by molar-refractivity contribution is 5.80. The second kappa shape index (κ2) is 5.44. The number of hydrogen-bond acceptors (Lipinski definition) is 3. The average molecular weight is 274 g/mol. The van der Waals surface area contributed by atoms with Gasteiger partial charge in [0.05, 0.1) is 7.11 Å². The lowest BCUT2D eigenvalue weighted by molar-refractivity contribution is -0.128. The van der Waals surface area contributed by atoms with Gasteiger partial charge in [-0.2, -0.15) is 0 Å². The van der Waals surface area contributed by atoms with Gasteiger partial charge >= 0.3 is 0 Å². The molecular weight excluding hydrogens is 252 g/mol. The van der Waals surface area contributed by atoms with Crippen molar-refractivity contribution in [1.29, 1.82) is 0 Å². The summed E-state index contributed by atoms with van der Waals surface area (Å²) in [6, 6.07) is 9.07. The molecule has 1 aromatic rings. The van der Waals surface area contributed by atoms with E-state index in [9.17, 15) is 4.79 Å². The van der Waals surface area contributed by atoms with Crippen molar-refractivity contribution in [2.24, 2.45) is 0 Å². The van der Waals surface area contributed by atoms with Gasteiger partial charge in [-0.3, -0.25) is 9.69 Å². The van der Waals surface area contributed by atoms with E-state index in [4.69, 9.17) is 4.74 Å². The lowest BCUT2D eigenvalue weighted by Crippen LogP contribution is -2.36. The second-order valence-electron chi connectivity index (χ2n) is 5.63. The minimum absolute atomic E-state index is 0.321. The molecule has 2 saturated heterocycles. The van der Waals surface area contributed by atoms with Gasteiger partial charge in [0.25, 0.3) is 0 Å². The zero-order chi connectivity index (χ0) is 14.1. The van der Waals surface area contributed by atoms with Gasteiger partial charge in [0.2, 0.25) is 5.91 Å². The molecule has 1 aromatic carbocycles. The van der Waals surface area contributed by atoms with E-state index in [2.05, 4.69) is 28.9 Å². The summed E-state index contributed by atoms with van der Waals surface area (Å²) >= 11 is 0. The van der Waals surface area contributed by atoms with Crippen molar-refractivity contribution in [3.63, 3.8) is 0 Å². The maximum atomic E-state index is 12.0. The predicted molar refractivity (Wildman–Crippen MR) is 77.6 cm³/mol. The third-order valence-electron chi connectivity index (χ3n) is 4.62. The van der Waals surface area contributed by atoms with Gasteiger partial charge in [-0.05, 0) is 31.0 Å². The summed E-state index contributed by atoms with van der Waals surface area (Å²) in [6.45, 7) is 4.93. The molecule has 1 amide bonds. The lowest BCUT2D eigenvalue weighted by Gasteiger charge is -2.24. The highest BCUT2D eigenvalue weighted by atomic mass is 16.5. The average Bonchev–Trinajstić information content (AvgIpc) is 2.98. The Labute approximate surface area is 120 Å². The number of likely N-dealkylation sites (tertiary alicyclic amines) is 2. The molecule has 2 aliphatic rings. The highest BCUT2D eigenvalue weighted by Gasteiger charge is 2.45. The molecule has 0 aromatic heterocycles. The third kappa shape index (κ3) is 2.29. The topological polar surface area (TPSA) is 32.8 Å². The summed E-state index contributed by atoms with van der Waals surface area (Å²) in [5.74, 6) is 1.21. The van der Waals surface area contributed by atoms with Crippen LogP contribution in [0.2, 0.25) is 0 Å². The van der Waals surface area contributed by atoms with Crippen molar-refractivity contribution in [3.8, 4) is 5.75 Å². The van der Waals surface area contributed by atoms with Gasteiger partial charge in [0.15, 0.2) is 0 Å². The summed E-state index contributed by atoms with van der Waals surface area (Å²) in [4.78, 5) is 16.5. The smallest absolute Gasteiger partial charge is 0.224 e. The van der Waals surface area contributed by atoms with Gasteiger partial charge in [0.1, 0.15) is 5.75 Å². The quantitative estimate of drug-likeness (QED) is 0.840. The van der Waals surface area contributed by atoms with Crippen LogP contribution in [0.15, 0.2) is 24.3 Å². The second-order valence-corrected chi connectivity index (χ2v) is 5.63. The fourth-order valence-corrected chi connectivity index (χ4v) is 3.58. The SMILES string of the molecule is CCN1C(=O)C[C@H]2[C@H]1CCN2Cc1ccc(OC)cc1. The number of carbonyl (C=O) groups excluding carboxylic acids is 1. The van der Waals surface area contributed by atoms with Crippen molar-refractivity contribution < 1.29 is 9.53 Å². The molecule has 3 rings (SSSR count). The number of likely N-dealkylation sites (N-methyl/N-ethyl adjacent to an activating group) is 1. The van der Waals surface area contributed by atoms with Crippen molar-refractivity contribution in [2.45, 2.75) is 38.4 Å². The maximum absolute atomic E-state index is 12.0. The monoisotopic (exact) mass is 274 g/mol. The van der Waals surface area contributed by atoms with Crippen LogP contribution < -0.4 is 4.74 Å². The van der Waals surface area contributed by atoms with E-state index in [1.165, 1.54) is 5.56 Å². The molecule has 0 spiro atoms. The van der Waals surface area contributed by atoms with Crippen LogP contribution in [0.5, 0.6) is 5.75 Å². The standard InChI is InChI=1S/C16H22N2O2/c1-3-18-14-8-9-17(15(14)10-16(18)19)11-12-4-6-13(20-2)7-5-12/h4-7,14-15H,3,8-11H2,1-2H3/t14-,15+/m1/s1. The number of hydrogen-bond donors (Lipinski definition) is 0. The van der Waals surface area contributed by atoms with Crippen LogP contribution >= 0.6 is 0 Å². The minimum atomic E-state index is 0.321. The Balaban J connectivity index is 1.68. The van der Waals surface area contributed by atoms with E-state index in [0.29, 0.717) is 24.4 Å². The van der Waals surface area contributed by atoms with Crippen LogP contribution in [0.1, 0.15) is 25.3 Å². The number of ether oxygens (including phenoxy) is 1. The molecule has 0 N–H and O–H groups in total. The first kappa shape index (κ1) is 13.4. The number of methoxy groups -OCH3 is 1. The van der Waals surface area contributed by atoms with Crippen molar-refractivity contribution in [3.05, 3.63) is 29.8 Å². The normalized spacial score (nSPS) is 26.1. The molecular formula is C16H22N2O2.